The van der Waals surface area contributed by atoms with Crippen LogP contribution in [0.25, 0.3) is 0 Å². The van der Waals surface area contributed by atoms with Gasteiger partial charge < -0.3 is 5.32 Å². The van der Waals surface area contributed by atoms with E-state index in [0.717, 1.165) is 13.0 Å². The summed E-state index contributed by atoms with van der Waals surface area (Å²) in [5.41, 5.74) is 0.289. The van der Waals surface area contributed by atoms with Crippen LogP contribution in [-0.2, 0) is 6.42 Å². The second kappa shape index (κ2) is 6.28. The highest BCUT2D eigenvalue weighted by molar-refractivity contribution is 5.19. The van der Waals surface area contributed by atoms with Gasteiger partial charge in [-0.05, 0) is 58.2 Å². The number of halogens is 2. The Bertz CT molecular complexity index is 362. The predicted octanol–water partition coefficient (Wildman–Crippen LogP) is 3.92. The summed E-state index contributed by atoms with van der Waals surface area (Å²) in [4.78, 5) is 0. The lowest BCUT2D eigenvalue weighted by atomic mass is 9.99. The van der Waals surface area contributed by atoms with Crippen molar-refractivity contribution in [3.8, 4) is 0 Å². The standard InChI is InChI=1S/C15H23F2N/c1-11(10-18-15(2,3)4)8-9-12-13(16)6-5-7-14(12)17/h5-7,11,18H,8-10H2,1-4H3. The van der Waals surface area contributed by atoms with Gasteiger partial charge in [-0.2, -0.15) is 0 Å². The van der Waals surface area contributed by atoms with Crippen LogP contribution in [0.1, 0.15) is 39.7 Å². The highest BCUT2D eigenvalue weighted by Gasteiger charge is 2.13. The Labute approximate surface area is 109 Å². The molecule has 0 bridgehead atoms. The van der Waals surface area contributed by atoms with E-state index >= 15 is 0 Å². The number of benzene rings is 1. The van der Waals surface area contributed by atoms with Gasteiger partial charge in [0.1, 0.15) is 11.6 Å². The summed E-state index contributed by atoms with van der Waals surface area (Å²) in [7, 11) is 0. The first-order chi connectivity index (χ1) is 8.29. The van der Waals surface area contributed by atoms with Crippen molar-refractivity contribution < 1.29 is 8.78 Å². The molecule has 1 atom stereocenters. The van der Waals surface area contributed by atoms with E-state index in [9.17, 15) is 8.78 Å². The average Bonchev–Trinajstić information content (AvgIpc) is 2.25. The van der Waals surface area contributed by atoms with Crippen molar-refractivity contribution in [2.24, 2.45) is 5.92 Å². The third-order valence-electron chi connectivity index (χ3n) is 2.93. The van der Waals surface area contributed by atoms with Gasteiger partial charge in [-0.15, -0.1) is 0 Å². The Morgan fingerprint density at radius 2 is 1.72 bits per heavy atom. The van der Waals surface area contributed by atoms with Crippen molar-refractivity contribution in [2.75, 3.05) is 6.54 Å². The summed E-state index contributed by atoms with van der Waals surface area (Å²) < 4.78 is 26.8. The molecule has 0 aromatic heterocycles. The van der Waals surface area contributed by atoms with Crippen molar-refractivity contribution in [2.45, 2.75) is 46.1 Å². The van der Waals surface area contributed by atoms with E-state index in [-0.39, 0.29) is 11.1 Å². The predicted molar refractivity (Wildman–Crippen MR) is 71.6 cm³/mol. The smallest absolute Gasteiger partial charge is 0.129 e. The van der Waals surface area contributed by atoms with Crippen molar-refractivity contribution in [1.29, 1.82) is 0 Å². The SMILES string of the molecule is CC(CCc1c(F)cccc1F)CNC(C)(C)C. The second-order valence-electron chi connectivity index (χ2n) is 5.97. The number of nitrogens with one attached hydrogen (secondary N) is 1. The van der Waals surface area contributed by atoms with E-state index in [2.05, 4.69) is 33.0 Å². The van der Waals surface area contributed by atoms with Gasteiger partial charge in [-0.25, -0.2) is 8.78 Å². The molecule has 102 valence electrons. The van der Waals surface area contributed by atoms with Crippen molar-refractivity contribution in [3.05, 3.63) is 35.4 Å². The summed E-state index contributed by atoms with van der Waals surface area (Å²) in [6.45, 7) is 9.28. The molecule has 1 unspecified atom stereocenters. The van der Waals surface area contributed by atoms with Gasteiger partial charge in [0.25, 0.3) is 0 Å². The minimum absolute atomic E-state index is 0.0809. The zero-order valence-electron chi connectivity index (χ0n) is 11.7. The molecule has 0 amide bonds. The maximum atomic E-state index is 13.4. The zero-order chi connectivity index (χ0) is 13.8. The first-order valence-corrected chi connectivity index (χ1v) is 6.47. The Balaban J connectivity index is 2.45. The Morgan fingerprint density at radius 3 is 2.22 bits per heavy atom. The monoisotopic (exact) mass is 255 g/mol. The van der Waals surface area contributed by atoms with E-state index in [1.54, 1.807) is 0 Å². The molecule has 0 aliphatic rings. The highest BCUT2D eigenvalue weighted by atomic mass is 19.1. The van der Waals surface area contributed by atoms with Crippen LogP contribution >= 0.6 is 0 Å². The van der Waals surface area contributed by atoms with E-state index in [4.69, 9.17) is 0 Å². The van der Waals surface area contributed by atoms with Crippen LogP contribution in [0.3, 0.4) is 0 Å². The molecular formula is C15H23F2N. The molecule has 0 heterocycles. The largest absolute Gasteiger partial charge is 0.312 e. The molecule has 0 aliphatic carbocycles. The van der Waals surface area contributed by atoms with E-state index < -0.39 is 11.6 Å². The topological polar surface area (TPSA) is 12.0 Å². The first kappa shape index (κ1) is 15.1. The summed E-state index contributed by atoms with van der Waals surface area (Å²) in [5, 5.41) is 3.40. The maximum Gasteiger partial charge on any atom is 0.129 e. The second-order valence-corrected chi connectivity index (χ2v) is 5.97. The van der Waals surface area contributed by atoms with Crippen LogP contribution in [0, 0.1) is 17.6 Å². The number of rotatable bonds is 5. The molecule has 1 aromatic rings. The van der Waals surface area contributed by atoms with Gasteiger partial charge in [0, 0.05) is 11.1 Å². The molecule has 0 radical (unpaired) electrons. The van der Waals surface area contributed by atoms with E-state index in [0.29, 0.717) is 12.3 Å². The van der Waals surface area contributed by atoms with Crippen LogP contribution < -0.4 is 5.32 Å². The Hall–Kier alpha value is -0.960. The molecule has 0 saturated carbocycles. The van der Waals surface area contributed by atoms with Gasteiger partial charge in [0.15, 0.2) is 0 Å². The first-order valence-electron chi connectivity index (χ1n) is 6.47. The molecule has 0 saturated heterocycles. The lowest BCUT2D eigenvalue weighted by Gasteiger charge is -2.23. The van der Waals surface area contributed by atoms with Gasteiger partial charge in [-0.3, -0.25) is 0 Å². The molecule has 1 aromatic carbocycles. The fourth-order valence-electron chi connectivity index (χ4n) is 1.74. The molecule has 3 heteroatoms. The third-order valence-corrected chi connectivity index (χ3v) is 2.93. The Morgan fingerprint density at radius 1 is 1.17 bits per heavy atom. The summed E-state index contributed by atoms with van der Waals surface area (Å²) in [5.74, 6) is -0.486. The molecule has 0 spiro atoms. The van der Waals surface area contributed by atoms with Gasteiger partial charge in [0.2, 0.25) is 0 Å². The van der Waals surface area contributed by atoms with Crippen LogP contribution in [-0.4, -0.2) is 12.1 Å². The van der Waals surface area contributed by atoms with Crippen molar-refractivity contribution >= 4 is 0 Å². The lowest BCUT2D eigenvalue weighted by molar-refractivity contribution is 0.370. The highest BCUT2D eigenvalue weighted by Crippen LogP contribution is 2.16. The number of hydrogen-bond donors (Lipinski definition) is 1. The quantitative estimate of drug-likeness (QED) is 0.841. The molecule has 18 heavy (non-hydrogen) atoms. The van der Waals surface area contributed by atoms with Gasteiger partial charge in [0.05, 0.1) is 0 Å². The normalized spacial score (nSPS) is 13.7. The zero-order valence-corrected chi connectivity index (χ0v) is 11.7. The van der Waals surface area contributed by atoms with Crippen LogP contribution in [0.5, 0.6) is 0 Å². The minimum atomic E-state index is -0.439. The van der Waals surface area contributed by atoms with Gasteiger partial charge >= 0.3 is 0 Å². The van der Waals surface area contributed by atoms with Crippen LogP contribution in [0.2, 0.25) is 0 Å². The molecular weight excluding hydrogens is 232 g/mol. The fourth-order valence-corrected chi connectivity index (χ4v) is 1.74. The van der Waals surface area contributed by atoms with Crippen LogP contribution in [0.15, 0.2) is 18.2 Å². The maximum absolute atomic E-state index is 13.4. The summed E-state index contributed by atoms with van der Waals surface area (Å²) >= 11 is 0. The number of hydrogen-bond acceptors (Lipinski definition) is 1. The van der Waals surface area contributed by atoms with Crippen LogP contribution in [0.4, 0.5) is 8.78 Å². The lowest BCUT2D eigenvalue weighted by Crippen LogP contribution is -2.38. The molecule has 0 fully saturated rings. The Kier molecular flexibility index (Phi) is 5.27. The van der Waals surface area contributed by atoms with E-state index in [1.807, 2.05) is 0 Å². The molecule has 1 rings (SSSR count). The fraction of sp³-hybridized carbons (Fsp3) is 0.600. The average molecular weight is 255 g/mol. The molecule has 1 nitrogen and oxygen atoms in total. The molecule has 0 aliphatic heterocycles. The van der Waals surface area contributed by atoms with Crippen molar-refractivity contribution in [1.82, 2.24) is 5.32 Å². The van der Waals surface area contributed by atoms with Crippen molar-refractivity contribution in [3.63, 3.8) is 0 Å². The third kappa shape index (κ3) is 5.13. The summed E-state index contributed by atoms with van der Waals surface area (Å²) in [6.07, 6.45) is 1.23. The minimum Gasteiger partial charge on any atom is -0.312 e. The van der Waals surface area contributed by atoms with Gasteiger partial charge in [-0.1, -0.05) is 13.0 Å². The van der Waals surface area contributed by atoms with E-state index in [1.165, 1.54) is 18.2 Å². The molecule has 1 N–H and O–H groups in total. The summed E-state index contributed by atoms with van der Waals surface area (Å²) in [6, 6.07) is 4.03.